The van der Waals surface area contributed by atoms with Crippen LogP contribution in [0.15, 0.2) is 42.5 Å². The first-order valence-electron chi connectivity index (χ1n) is 7.26. The van der Waals surface area contributed by atoms with Crippen LogP contribution in [-0.2, 0) is 16.0 Å². The number of esters is 1. The Labute approximate surface area is 131 Å². The molecule has 1 aromatic carbocycles. The minimum Gasteiger partial charge on any atom is -0.462 e. The topological polar surface area (TPSA) is 46.5 Å². The van der Waals surface area contributed by atoms with Crippen molar-refractivity contribution in [2.45, 2.75) is 32.6 Å². The van der Waals surface area contributed by atoms with Gasteiger partial charge in [0.1, 0.15) is 0 Å². The van der Waals surface area contributed by atoms with Gasteiger partial charge in [-0.05, 0) is 56.1 Å². The number of ether oxygens (including phenoxy) is 1. The molecule has 0 aliphatic rings. The molecular weight excluding hydrogens is 284 g/mol. The third-order valence-electron chi connectivity index (χ3n) is 3.32. The van der Waals surface area contributed by atoms with Crippen LogP contribution in [0.4, 0.5) is 0 Å². The van der Waals surface area contributed by atoms with Gasteiger partial charge in [-0.1, -0.05) is 36.9 Å². The number of rotatable bonds is 10. The molecule has 116 valence electrons. The lowest BCUT2D eigenvalue weighted by Gasteiger charge is -2.17. The van der Waals surface area contributed by atoms with E-state index >= 15 is 0 Å². The first-order valence-corrected chi connectivity index (χ1v) is 8.20. The van der Waals surface area contributed by atoms with Crippen molar-refractivity contribution in [3.05, 3.63) is 48.0 Å². The van der Waals surface area contributed by atoms with Crippen molar-refractivity contribution in [1.29, 1.82) is 0 Å². The number of hydrogen-bond acceptors (Lipinski definition) is 4. The summed E-state index contributed by atoms with van der Waals surface area (Å²) in [5.41, 5.74) is 1.73. The minimum absolute atomic E-state index is 0.320. The molecule has 0 aliphatic carbocycles. The Morgan fingerprint density at radius 2 is 2.05 bits per heavy atom. The number of benzene rings is 1. The van der Waals surface area contributed by atoms with Crippen LogP contribution in [0.25, 0.3) is 0 Å². The van der Waals surface area contributed by atoms with E-state index in [1.807, 2.05) is 18.2 Å². The minimum atomic E-state index is -0.320. The Balaban J connectivity index is 2.44. The Kier molecular flexibility index (Phi) is 8.87. The van der Waals surface area contributed by atoms with Gasteiger partial charge in [0, 0.05) is 11.3 Å². The second-order valence-corrected chi connectivity index (χ2v) is 5.90. The highest BCUT2D eigenvalue weighted by Crippen LogP contribution is 2.19. The summed E-state index contributed by atoms with van der Waals surface area (Å²) in [6.07, 6.45) is 3.80. The van der Waals surface area contributed by atoms with Gasteiger partial charge in [0.25, 0.3) is 0 Å². The monoisotopic (exact) mass is 308 g/mol. The molecule has 1 aromatic rings. The van der Waals surface area contributed by atoms with Crippen LogP contribution < -0.4 is 0 Å². The smallest absolute Gasteiger partial charge is 0.333 e. The van der Waals surface area contributed by atoms with E-state index in [1.165, 1.54) is 5.56 Å². The molecular formula is C17H24O3S. The van der Waals surface area contributed by atoms with Crippen molar-refractivity contribution in [3.8, 4) is 0 Å². The zero-order valence-electron chi connectivity index (χ0n) is 12.6. The van der Waals surface area contributed by atoms with Gasteiger partial charge < -0.3 is 9.29 Å². The zero-order valence-corrected chi connectivity index (χ0v) is 13.4. The van der Waals surface area contributed by atoms with Crippen LogP contribution in [-0.4, -0.2) is 22.9 Å². The highest BCUT2D eigenvalue weighted by atomic mass is 32.2. The second kappa shape index (κ2) is 10.5. The van der Waals surface area contributed by atoms with Crippen molar-refractivity contribution in [2.24, 2.45) is 5.92 Å². The van der Waals surface area contributed by atoms with E-state index in [9.17, 15) is 4.79 Å². The van der Waals surface area contributed by atoms with Gasteiger partial charge in [0.15, 0.2) is 0 Å². The maximum Gasteiger partial charge on any atom is 0.333 e. The van der Waals surface area contributed by atoms with Gasteiger partial charge >= 0.3 is 5.97 Å². The van der Waals surface area contributed by atoms with Gasteiger partial charge in [0.05, 0.1) is 6.61 Å². The van der Waals surface area contributed by atoms with E-state index in [-0.39, 0.29) is 5.97 Å². The molecule has 0 bridgehead atoms. The maximum absolute atomic E-state index is 11.4. The summed E-state index contributed by atoms with van der Waals surface area (Å²) in [4.78, 5) is 11.4. The Hall–Kier alpha value is -1.26. The van der Waals surface area contributed by atoms with E-state index in [0.717, 1.165) is 43.5 Å². The fourth-order valence-electron chi connectivity index (χ4n) is 2.17. The summed E-state index contributed by atoms with van der Waals surface area (Å²) >= 11 is 0.886. The molecule has 0 amide bonds. The van der Waals surface area contributed by atoms with Crippen LogP contribution in [0.3, 0.4) is 0 Å². The van der Waals surface area contributed by atoms with Crippen molar-refractivity contribution < 1.29 is 14.1 Å². The van der Waals surface area contributed by atoms with Gasteiger partial charge in [-0.2, -0.15) is 0 Å². The molecule has 0 aromatic heterocycles. The summed E-state index contributed by atoms with van der Waals surface area (Å²) < 4.78 is 14.0. The molecule has 1 unspecified atom stereocenters. The largest absolute Gasteiger partial charge is 0.462 e. The average Bonchev–Trinajstić information content (AvgIpc) is 2.48. The quantitative estimate of drug-likeness (QED) is 0.302. The fourth-order valence-corrected chi connectivity index (χ4v) is 2.47. The Bertz CT molecular complexity index is 431. The fraction of sp³-hybridized carbons (Fsp3) is 0.471. The van der Waals surface area contributed by atoms with Gasteiger partial charge in [0.2, 0.25) is 0 Å². The third kappa shape index (κ3) is 7.93. The summed E-state index contributed by atoms with van der Waals surface area (Å²) in [7, 11) is 0. The second-order valence-electron chi connectivity index (χ2n) is 5.24. The predicted octanol–water partition coefficient (Wildman–Crippen LogP) is 4.34. The number of hydrogen-bond donors (Lipinski definition) is 1. The van der Waals surface area contributed by atoms with E-state index in [2.05, 4.69) is 18.7 Å². The van der Waals surface area contributed by atoms with E-state index < -0.39 is 0 Å². The van der Waals surface area contributed by atoms with Gasteiger partial charge in [-0.15, -0.1) is 0 Å². The van der Waals surface area contributed by atoms with Crippen LogP contribution >= 0.6 is 12.0 Å². The molecule has 21 heavy (non-hydrogen) atoms. The van der Waals surface area contributed by atoms with Crippen LogP contribution in [0.1, 0.15) is 31.7 Å². The molecule has 1 atom stereocenters. The predicted molar refractivity (Wildman–Crippen MR) is 88.3 cm³/mol. The Morgan fingerprint density at radius 1 is 1.33 bits per heavy atom. The SMILES string of the molecule is C=C(C)C(=O)OCCC(CCCSO)Cc1ccccc1. The van der Waals surface area contributed by atoms with E-state index in [1.54, 1.807) is 6.92 Å². The van der Waals surface area contributed by atoms with Gasteiger partial charge in [-0.25, -0.2) is 4.79 Å². The lowest BCUT2D eigenvalue weighted by molar-refractivity contribution is -0.139. The van der Waals surface area contributed by atoms with Crippen molar-refractivity contribution in [1.82, 2.24) is 0 Å². The van der Waals surface area contributed by atoms with Crippen LogP contribution in [0.2, 0.25) is 0 Å². The molecule has 0 heterocycles. The van der Waals surface area contributed by atoms with E-state index in [0.29, 0.717) is 18.1 Å². The van der Waals surface area contributed by atoms with Crippen LogP contribution in [0, 0.1) is 5.92 Å². The molecule has 0 saturated carbocycles. The lowest BCUT2D eigenvalue weighted by Crippen LogP contribution is -2.12. The normalized spacial score (nSPS) is 11.9. The Morgan fingerprint density at radius 3 is 2.67 bits per heavy atom. The third-order valence-corrected chi connectivity index (χ3v) is 3.79. The highest BCUT2D eigenvalue weighted by molar-refractivity contribution is 7.93. The summed E-state index contributed by atoms with van der Waals surface area (Å²) in [5, 5.41) is 0. The average molecular weight is 308 g/mol. The van der Waals surface area contributed by atoms with Crippen molar-refractivity contribution >= 4 is 18.0 Å². The summed E-state index contributed by atoms with van der Waals surface area (Å²) in [6, 6.07) is 10.3. The van der Waals surface area contributed by atoms with E-state index in [4.69, 9.17) is 9.29 Å². The molecule has 0 saturated heterocycles. The van der Waals surface area contributed by atoms with Gasteiger partial charge in [-0.3, -0.25) is 0 Å². The standard InChI is InChI=1S/C17H24O3S/c1-14(2)17(18)20-11-10-16(9-6-12-21-19)13-15-7-4-3-5-8-15/h3-5,7-8,16,19H,1,6,9-13H2,2H3. The molecule has 0 fully saturated rings. The summed E-state index contributed by atoms with van der Waals surface area (Å²) in [6.45, 7) is 5.66. The maximum atomic E-state index is 11.4. The van der Waals surface area contributed by atoms with Crippen molar-refractivity contribution in [3.63, 3.8) is 0 Å². The zero-order chi connectivity index (χ0) is 15.5. The molecule has 1 N–H and O–H groups in total. The molecule has 0 radical (unpaired) electrons. The number of carbonyl (C=O) groups is 1. The van der Waals surface area contributed by atoms with Crippen molar-refractivity contribution in [2.75, 3.05) is 12.4 Å². The molecule has 0 spiro atoms. The number of carbonyl (C=O) groups excluding carboxylic acids is 1. The molecule has 0 aliphatic heterocycles. The molecule has 4 heteroatoms. The first kappa shape index (κ1) is 17.8. The molecule has 1 rings (SSSR count). The first-order chi connectivity index (χ1) is 10.1. The lowest BCUT2D eigenvalue weighted by atomic mass is 9.92. The van der Waals surface area contributed by atoms with Crippen LogP contribution in [0.5, 0.6) is 0 Å². The molecule has 3 nitrogen and oxygen atoms in total. The highest BCUT2D eigenvalue weighted by Gasteiger charge is 2.11. The summed E-state index contributed by atoms with van der Waals surface area (Å²) in [5.74, 6) is 0.883.